The smallest absolute Gasteiger partial charge is 0.260 e. The number of amides is 1. The second kappa shape index (κ2) is 9.93. The third-order valence-electron chi connectivity index (χ3n) is 5.62. The Morgan fingerprint density at radius 2 is 1.90 bits per heavy atom. The van der Waals surface area contributed by atoms with Crippen LogP contribution in [0.25, 0.3) is 0 Å². The molecule has 1 atom stereocenters. The molecule has 0 saturated heterocycles. The number of carbonyl (C=O) groups is 1. The lowest BCUT2D eigenvalue weighted by molar-refractivity contribution is -0.127. The zero-order chi connectivity index (χ0) is 20.8. The molecule has 0 radical (unpaired) electrons. The van der Waals surface area contributed by atoms with Gasteiger partial charge in [0.25, 0.3) is 5.91 Å². The first-order valence-corrected chi connectivity index (χ1v) is 10.8. The van der Waals surface area contributed by atoms with Gasteiger partial charge in [-0.3, -0.25) is 9.69 Å². The summed E-state index contributed by atoms with van der Waals surface area (Å²) in [4.78, 5) is 14.9. The highest BCUT2D eigenvalue weighted by molar-refractivity contribution is 5.80. The van der Waals surface area contributed by atoms with Gasteiger partial charge in [0.15, 0.2) is 6.10 Å². The summed E-state index contributed by atoms with van der Waals surface area (Å²) in [5, 5.41) is 3.03. The number of aryl methyl sites for hydroxylation is 1. The molecule has 0 fully saturated rings. The molecule has 0 aliphatic carbocycles. The molecule has 4 heteroatoms. The standard InChI is InChI=1S/C25H34N2O2/c1-18(2)23-11-10-19(3)16-24(23)29-20(4)25(28)26-13-7-14-27-15-12-21-8-5-6-9-22(21)17-27/h5-6,8-11,16,18,20H,7,12-15,17H2,1-4H3,(H,26,28)/t20-/m0/s1. The Balaban J connectivity index is 1.43. The SMILES string of the molecule is Cc1ccc(C(C)C)c(O[C@@H](C)C(=O)NCCCN2CCc3ccccc3C2)c1. The molecule has 1 heterocycles. The van der Waals surface area contributed by atoms with Crippen LogP contribution in [-0.2, 0) is 17.8 Å². The fourth-order valence-corrected chi connectivity index (χ4v) is 3.87. The van der Waals surface area contributed by atoms with Gasteiger partial charge in [0.2, 0.25) is 0 Å². The van der Waals surface area contributed by atoms with Gasteiger partial charge in [-0.1, -0.05) is 50.2 Å². The Morgan fingerprint density at radius 3 is 2.66 bits per heavy atom. The van der Waals surface area contributed by atoms with E-state index in [4.69, 9.17) is 4.74 Å². The van der Waals surface area contributed by atoms with E-state index < -0.39 is 6.10 Å². The van der Waals surface area contributed by atoms with E-state index in [2.05, 4.69) is 60.5 Å². The van der Waals surface area contributed by atoms with Crippen LogP contribution in [-0.4, -0.2) is 36.5 Å². The number of nitrogens with one attached hydrogen (secondary N) is 1. The summed E-state index contributed by atoms with van der Waals surface area (Å²) < 4.78 is 6.01. The summed E-state index contributed by atoms with van der Waals surface area (Å²) in [6.45, 7) is 11.9. The predicted molar refractivity (Wildman–Crippen MR) is 118 cm³/mol. The van der Waals surface area contributed by atoms with Crippen LogP contribution in [0, 0.1) is 6.92 Å². The molecule has 1 amide bonds. The van der Waals surface area contributed by atoms with E-state index >= 15 is 0 Å². The van der Waals surface area contributed by atoms with Crippen molar-refractivity contribution in [3.63, 3.8) is 0 Å². The molecule has 1 aliphatic rings. The molecule has 0 spiro atoms. The highest BCUT2D eigenvalue weighted by Crippen LogP contribution is 2.28. The maximum atomic E-state index is 12.5. The van der Waals surface area contributed by atoms with Gasteiger partial charge in [0.1, 0.15) is 5.75 Å². The molecule has 156 valence electrons. The largest absolute Gasteiger partial charge is 0.481 e. The molecule has 29 heavy (non-hydrogen) atoms. The van der Waals surface area contributed by atoms with Crippen molar-refractivity contribution in [2.75, 3.05) is 19.6 Å². The van der Waals surface area contributed by atoms with Crippen LogP contribution in [0.4, 0.5) is 0 Å². The zero-order valence-corrected chi connectivity index (χ0v) is 18.2. The molecule has 1 aliphatic heterocycles. The number of hydrogen-bond donors (Lipinski definition) is 1. The summed E-state index contributed by atoms with van der Waals surface area (Å²) in [5.74, 6) is 1.12. The van der Waals surface area contributed by atoms with Gasteiger partial charge in [-0.15, -0.1) is 0 Å². The van der Waals surface area contributed by atoms with Crippen LogP contribution in [0.3, 0.4) is 0 Å². The molecule has 3 rings (SSSR count). The van der Waals surface area contributed by atoms with Crippen molar-refractivity contribution < 1.29 is 9.53 Å². The number of fused-ring (bicyclic) bond motifs is 1. The van der Waals surface area contributed by atoms with Gasteiger partial charge < -0.3 is 10.1 Å². The topological polar surface area (TPSA) is 41.6 Å². The maximum Gasteiger partial charge on any atom is 0.260 e. The Bertz CT molecular complexity index is 831. The number of rotatable bonds is 8. The summed E-state index contributed by atoms with van der Waals surface area (Å²) >= 11 is 0. The molecule has 2 aromatic rings. The molecule has 0 aromatic heterocycles. The second-order valence-corrected chi connectivity index (χ2v) is 8.40. The summed E-state index contributed by atoms with van der Waals surface area (Å²) in [6, 6.07) is 14.9. The van der Waals surface area contributed by atoms with Crippen molar-refractivity contribution in [1.29, 1.82) is 0 Å². The van der Waals surface area contributed by atoms with Gasteiger partial charge in [0.05, 0.1) is 0 Å². The lowest BCUT2D eigenvalue weighted by atomic mass is 10.00. The average Bonchev–Trinajstić information content (AvgIpc) is 2.70. The maximum absolute atomic E-state index is 12.5. The minimum atomic E-state index is -0.504. The Morgan fingerprint density at radius 1 is 1.14 bits per heavy atom. The third-order valence-corrected chi connectivity index (χ3v) is 5.62. The predicted octanol–water partition coefficient (Wildman–Crippen LogP) is 4.45. The van der Waals surface area contributed by atoms with Crippen LogP contribution >= 0.6 is 0 Å². The van der Waals surface area contributed by atoms with Crippen LogP contribution < -0.4 is 10.1 Å². The normalized spacial score (nSPS) is 15.1. The monoisotopic (exact) mass is 394 g/mol. The first-order chi connectivity index (χ1) is 13.9. The second-order valence-electron chi connectivity index (χ2n) is 8.40. The lowest BCUT2D eigenvalue weighted by Gasteiger charge is -2.28. The molecular weight excluding hydrogens is 360 g/mol. The Labute approximate surface area is 175 Å². The Kier molecular flexibility index (Phi) is 7.32. The van der Waals surface area contributed by atoms with Crippen LogP contribution in [0.5, 0.6) is 5.75 Å². The first-order valence-electron chi connectivity index (χ1n) is 10.8. The number of nitrogens with zero attached hydrogens (tertiary/aromatic N) is 1. The minimum absolute atomic E-state index is 0.0507. The quantitative estimate of drug-likeness (QED) is 0.673. The van der Waals surface area contributed by atoms with E-state index in [1.54, 1.807) is 0 Å². The third kappa shape index (κ3) is 5.83. The van der Waals surface area contributed by atoms with E-state index in [0.29, 0.717) is 12.5 Å². The van der Waals surface area contributed by atoms with E-state index in [1.165, 1.54) is 11.1 Å². The van der Waals surface area contributed by atoms with Crippen LogP contribution in [0.15, 0.2) is 42.5 Å². The summed E-state index contributed by atoms with van der Waals surface area (Å²) in [7, 11) is 0. The van der Waals surface area contributed by atoms with Gasteiger partial charge in [-0.05, 0) is 60.9 Å². The van der Waals surface area contributed by atoms with Gasteiger partial charge >= 0.3 is 0 Å². The summed E-state index contributed by atoms with van der Waals surface area (Å²) in [6.07, 6.45) is 1.56. The molecule has 4 nitrogen and oxygen atoms in total. The number of hydrogen-bond acceptors (Lipinski definition) is 3. The van der Waals surface area contributed by atoms with Crippen molar-refractivity contribution in [3.05, 3.63) is 64.7 Å². The fraction of sp³-hybridized carbons (Fsp3) is 0.480. The van der Waals surface area contributed by atoms with Gasteiger partial charge in [0, 0.05) is 26.2 Å². The first kappa shape index (κ1) is 21.4. The molecule has 0 unspecified atom stereocenters. The van der Waals surface area contributed by atoms with Crippen molar-refractivity contribution in [2.24, 2.45) is 0 Å². The zero-order valence-electron chi connectivity index (χ0n) is 18.2. The highest BCUT2D eigenvalue weighted by atomic mass is 16.5. The number of ether oxygens (including phenoxy) is 1. The molecule has 0 bridgehead atoms. The highest BCUT2D eigenvalue weighted by Gasteiger charge is 2.18. The molecule has 1 N–H and O–H groups in total. The minimum Gasteiger partial charge on any atom is -0.481 e. The van der Waals surface area contributed by atoms with E-state index in [-0.39, 0.29) is 5.91 Å². The molecular formula is C25H34N2O2. The van der Waals surface area contributed by atoms with Crippen LogP contribution in [0.1, 0.15) is 55.4 Å². The van der Waals surface area contributed by atoms with Gasteiger partial charge in [-0.2, -0.15) is 0 Å². The van der Waals surface area contributed by atoms with Crippen molar-refractivity contribution in [1.82, 2.24) is 10.2 Å². The molecule has 0 saturated carbocycles. The Hall–Kier alpha value is -2.33. The van der Waals surface area contributed by atoms with Crippen molar-refractivity contribution in [3.8, 4) is 5.75 Å². The van der Waals surface area contributed by atoms with E-state index in [1.807, 2.05) is 19.9 Å². The fourth-order valence-electron chi connectivity index (χ4n) is 3.87. The van der Waals surface area contributed by atoms with E-state index in [0.717, 1.165) is 49.4 Å². The van der Waals surface area contributed by atoms with Crippen molar-refractivity contribution >= 4 is 5.91 Å². The number of carbonyl (C=O) groups excluding carboxylic acids is 1. The van der Waals surface area contributed by atoms with Crippen LogP contribution in [0.2, 0.25) is 0 Å². The van der Waals surface area contributed by atoms with Gasteiger partial charge in [-0.25, -0.2) is 0 Å². The lowest BCUT2D eigenvalue weighted by Crippen LogP contribution is -2.38. The molecule has 2 aromatic carbocycles. The van der Waals surface area contributed by atoms with Crippen molar-refractivity contribution in [2.45, 2.75) is 59.1 Å². The summed E-state index contributed by atoms with van der Waals surface area (Å²) in [5.41, 5.74) is 5.18. The number of benzene rings is 2. The van der Waals surface area contributed by atoms with E-state index in [9.17, 15) is 4.79 Å². The average molecular weight is 395 g/mol.